The smallest absolute Gasteiger partial charge is 0.262 e. The standard InChI is InChI=1S/C21H24N4O4/c1-3-23-20(27)14-7-6-8-15(11-14)24-19(26)13-25-12-18(21(28)22-2)29-17-10-5-4-9-16(17)25/h4-11,18H,3,12-13H2,1-2H3,(H,22,28)(H,23,27)(H,24,26)/t18-/m0/s1. The zero-order valence-corrected chi connectivity index (χ0v) is 16.4. The van der Waals surface area contributed by atoms with E-state index in [-0.39, 0.29) is 30.8 Å². The minimum atomic E-state index is -0.705. The lowest BCUT2D eigenvalue weighted by Gasteiger charge is -2.35. The van der Waals surface area contributed by atoms with E-state index in [9.17, 15) is 14.4 Å². The van der Waals surface area contributed by atoms with Gasteiger partial charge in [0, 0.05) is 24.8 Å². The normalized spacial score (nSPS) is 15.0. The second kappa shape index (κ2) is 9.09. The second-order valence-electron chi connectivity index (χ2n) is 6.56. The lowest BCUT2D eigenvalue weighted by atomic mass is 10.1. The molecular formula is C21H24N4O4. The Morgan fingerprint density at radius 2 is 1.93 bits per heavy atom. The molecule has 0 bridgehead atoms. The molecule has 1 heterocycles. The maximum atomic E-state index is 12.6. The Bertz CT molecular complexity index is 915. The van der Waals surface area contributed by atoms with Gasteiger partial charge in [-0.3, -0.25) is 14.4 Å². The van der Waals surface area contributed by atoms with E-state index < -0.39 is 6.10 Å². The van der Waals surface area contributed by atoms with E-state index in [4.69, 9.17) is 4.74 Å². The number of nitrogens with zero attached hydrogens (tertiary/aromatic N) is 1. The van der Waals surface area contributed by atoms with Crippen LogP contribution in [-0.2, 0) is 9.59 Å². The van der Waals surface area contributed by atoms with E-state index in [0.29, 0.717) is 23.5 Å². The first kappa shape index (κ1) is 20.2. The van der Waals surface area contributed by atoms with E-state index in [1.165, 1.54) is 0 Å². The van der Waals surface area contributed by atoms with Crippen LogP contribution in [0.3, 0.4) is 0 Å². The van der Waals surface area contributed by atoms with Crippen LogP contribution in [0.1, 0.15) is 17.3 Å². The molecule has 29 heavy (non-hydrogen) atoms. The van der Waals surface area contributed by atoms with E-state index in [2.05, 4.69) is 16.0 Å². The van der Waals surface area contributed by atoms with E-state index in [1.807, 2.05) is 30.0 Å². The SMILES string of the molecule is CCNC(=O)c1cccc(NC(=O)CN2C[C@@H](C(=O)NC)Oc3ccccc32)c1. The lowest BCUT2D eigenvalue weighted by Crippen LogP contribution is -2.50. The Morgan fingerprint density at radius 3 is 2.69 bits per heavy atom. The molecule has 8 nitrogen and oxygen atoms in total. The molecular weight excluding hydrogens is 372 g/mol. The number of amides is 3. The van der Waals surface area contributed by atoms with Crippen molar-refractivity contribution in [2.75, 3.05) is 36.9 Å². The molecule has 8 heteroatoms. The Morgan fingerprint density at radius 1 is 1.14 bits per heavy atom. The van der Waals surface area contributed by atoms with Gasteiger partial charge in [0.25, 0.3) is 11.8 Å². The highest BCUT2D eigenvalue weighted by Crippen LogP contribution is 2.32. The number of hydrogen-bond acceptors (Lipinski definition) is 5. The zero-order chi connectivity index (χ0) is 20.8. The lowest BCUT2D eigenvalue weighted by molar-refractivity contribution is -0.127. The van der Waals surface area contributed by atoms with Gasteiger partial charge in [0.1, 0.15) is 5.75 Å². The van der Waals surface area contributed by atoms with Crippen molar-refractivity contribution in [3.05, 3.63) is 54.1 Å². The summed E-state index contributed by atoms with van der Waals surface area (Å²) in [5, 5.41) is 8.12. The van der Waals surface area contributed by atoms with Gasteiger partial charge < -0.3 is 25.6 Å². The number of carbonyl (C=O) groups is 3. The summed E-state index contributed by atoms with van der Waals surface area (Å²) < 4.78 is 5.75. The molecule has 0 saturated heterocycles. The zero-order valence-electron chi connectivity index (χ0n) is 16.4. The van der Waals surface area contributed by atoms with Gasteiger partial charge in [-0.2, -0.15) is 0 Å². The summed E-state index contributed by atoms with van der Waals surface area (Å²) in [6.45, 7) is 2.66. The predicted molar refractivity (Wildman–Crippen MR) is 110 cm³/mol. The van der Waals surface area contributed by atoms with Crippen molar-refractivity contribution in [2.24, 2.45) is 0 Å². The van der Waals surface area contributed by atoms with Crippen LogP contribution in [0.15, 0.2) is 48.5 Å². The van der Waals surface area contributed by atoms with E-state index in [1.54, 1.807) is 37.4 Å². The molecule has 0 saturated carbocycles. The van der Waals surface area contributed by atoms with Gasteiger partial charge in [-0.05, 0) is 37.3 Å². The van der Waals surface area contributed by atoms with Crippen LogP contribution in [0.4, 0.5) is 11.4 Å². The molecule has 0 aromatic heterocycles. The van der Waals surface area contributed by atoms with Gasteiger partial charge in [0.2, 0.25) is 5.91 Å². The average molecular weight is 396 g/mol. The maximum Gasteiger partial charge on any atom is 0.262 e. The third kappa shape index (κ3) is 4.84. The van der Waals surface area contributed by atoms with Crippen molar-refractivity contribution in [3.8, 4) is 5.75 Å². The first-order chi connectivity index (χ1) is 14.0. The molecule has 1 atom stereocenters. The highest BCUT2D eigenvalue weighted by Gasteiger charge is 2.31. The van der Waals surface area contributed by atoms with Crippen LogP contribution in [-0.4, -0.2) is 50.5 Å². The van der Waals surface area contributed by atoms with Crippen LogP contribution in [0.5, 0.6) is 5.75 Å². The minimum Gasteiger partial charge on any atom is -0.477 e. The highest BCUT2D eigenvalue weighted by atomic mass is 16.5. The molecule has 0 spiro atoms. The first-order valence-corrected chi connectivity index (χ1v) is 9.42. The van der Waals surface area contributed by atoms with E-state index in [0.717, 1.165) is 5.69 Å². The fourth-order valence-corrected chi connectivity index (χ4v) is 3.13. The molecule has 0 aliphatic carbocycles. The first-order valence-electron chi connectivity index (χ1n) is 9.42. The highest BCUT2D eigenvalue weighted by molar-refractivity contribution is 5.98. The molecule has 0 unspecified atom stereocenters. The molecule has 3 N–H and O–H groups in total. The summed E-state index contributed by atoms with van der Waals surface area (Å²) in [4.78, 5) is 38.5. The molecule has 0 radical (unpaired) electrons. The number of rotatable bonds is 6. The van der Waals surface area contributed by atoms with Crippen molar-refractivity contribution in [2.45, 2.75) is 13.0 Å². The largest absolute Gasteiger partial charge is 0.477 e. The van der Waals surface area contributed by atoms with Crippen LogP contribution >= 0.6 is 0 Å². The maximum absolute atomic E-state index is 12.6. The van der Waals surface area contributed by atoms with Gasteiger partial charge in [-0.25, -0.2) is 0 Å². The number of nitrogens with one attached hydrogen (secondary N) is 3. The third-order valence-corrected chi connectivity index (χ3v) is 4.48. The van der Waals surface area contributed by atoms with Crippen LogP contribution in [0.2, 0.25) is 0 Å². The molecule has 2 aromatic rings. The molecule has 0 fully saturated rings. The summed E-state index contributed by atoms with van der Waals surface area (Å²) in [5.41, 5.74) is 1.75. The van der Waals surface area contributed by atoms with Crippen molar-refractivity contribution in [3.63, 3.8) is 0 Å². The Hall–Kier alpha value is -3.55. The molecule has 3 rings (SSSR count). The molecule has 1 aliphatic rings. The van der Waals surface area contributed by atoms with Gasteiger partial charge in [-0.1, -0.05) is 18.2 Å². The summed E-state index contributed by atoms with van der Waals surface area (Å²) in [7, 11) is 1.55. The van der Waals surface area contributed by atoms with Crippen molar-refractivity contribution >= 4 is 29.1 Å². The van der Waals surface area contributed by atoms with Crippen LogP contribution in [0.25, 0.3) is 0 Å². The van der Waals surface area contributed by atoms with Crippen molar-refractivity contribution in [1.29, 1.82) is 0 Å². The van der Waals surface area contributed by atoms with Gasteiger partial charge in [0.05, 0.1) is 18.8 Å². The van der Waals surface area contributed by atoms with Crippen LogP contribution in [0, 0.1) is 0 Å². The number of carbonyl (C=O) groups excluding carboxylic acids is 3. The molecule has 152 valence electrons. The summed E-state index contributed by atoms with van der Waals surface area (Å²) in [5.74, 6) is -0.150. The number of fused-ring (bicyclic) bond motifs is 1. The van der Waals surface area contributed by atoms with E-state index >= 15 is 0 Å². The minimum absolute atomic E-state index is 0.0409. The Kier molecular flexibility index (Phi) is 6.33. The fourth-order valence-electron chi connectivity index (χ4n) is 3.13. The van der Waals surface area contributed by atoms with Gasteiger partial charge >= 0.3 is 0 Å². The van der Waals surface area contributed by atoms with Crippen molar-refractivity contribution in [1.82, 2.24) is 10.6 Å². The summed E-state index contributed by atoms with van der Waals surface area (Å²) >= 11 is 0. The number of anilines is 2. The predicted octanol–water partition coefficient (Wildman–Crippen LogP) is 1.39. The van der Waals surface area contributed by atoms with Gasteiger partial charge in [0.15, 0.2) is 6.10 Å². The third-order valence-electron chi connectivity index (χ3n) is 4.48. The van der Waals surface area contributed by atoms with Crippen LogP contribution < -0.4 is 25.6 Å². The number of ether oxygens (including phenoxy) is 1. The summed E-state index contributed by atoms with van der Waals surface area (Å²) in [6, 6.07) is 14.0. The summed E-state index contributed by atoms with van der Waals surface area (Å²) in [6.07, 6.45) is -0.705. The molecule has 1 aliphatic heterocycles. The molecule has 2 aromatic carbocycles. The number of benzene rings is 2. The number of likely N-dealkylation sites (N-methyl/N-ethyl adjacent to an activating group) is 1. The quantitative estimate of drug-likeness (QED) is 0.685. The number of hydrogen-bond donors (Lipinski definition) is 3. The number of para-hydroxylation sites is 2. The fraction of sp³-hybridized carbons (Fsp3) is 0.286. The Labute approximate surface area is 169 Å². The Balaban J connectivity index is 1.72. The second-order valence-corrected chi connectivity index (χ2v) is 6.56. The topological polar surface area (TPSA) is 99.8 Å². The van der Waals surface area contributed by atoms with Crippen molar-refractivity contribution < 1.29 is 19.1 Å². The molecule has 3 amide bonds. The average Bonchev–Trinajstić information content (AvgIpc) is 2.73. The monoisotopic (exact) mass is 396 g/mol. The van der Waals surface area contributed by atoms with Gasteiger partial charge in [-0.15, -0.1) is 0 Å².